The van der Waals surface area contributed by atoms with Crippen molar-refractivity contribution in [2.24, 2.45) is 5.92 Å². The molecule has 0 aliphatic heterocycles. The normalized spacial score (nSPS) is 12.3. The van der Waals surface area contributed by atoms with E-state index in [1.807, 2.05) is 0 Å². The molecule has 1 atom stereocenters. The van der Waals surface area contributed by atoms with Crippen molar-refractivity contribution in [3.05, 3.63) is 71.8 Å². The number of carbonyl (C=O) groups excluding carboxylic acids is 3. The van der Waals surface area contributed by atoms with Gasteiger partial charge in [-0.3, -0.25) is 14.4 Å². The minimum atomic E-state index is -1.16. The summed E-state index contributed by atoms with van der Waals surface area (Å²) < 4.78 is 5.37. The minimum absolute atomic E-state index is 0.216. The van der Waals surface area contributed by atoms with Gasteiger partial charge in [0.15, 0.2) is 11.6 Å². The molecule has 2 aromatic carbocycles. The molecule has 0 saturated carbocycles. The maximum absolute atomic E-state index is 12.8. The molecule has 0 aliphatic rings. The smallest absolute Gasteiger partial charge is 0.317 e. The third-order valence-corrected chi connectivity index (χ3v) is 3.55. The SMILES string of the molecule is CC(C)(C)OC(=O)C(CC(=O)c1ccccc1)C(=O)c1ccccc1. The van der Waals surface area contributed by atoms with Gasteiger partial charge in [0.05, 0.1) is 0 Å². The van der Waals surface area contributed by atoms with Gasteiger partial charge in [0, 0.05) is 17.5 Å². The summed E-state index contributed by atoms with van der Waals surface area (Å²) in [4.78, 5) is 37.8. The molecule has 2 aromatic rings. The highest BCUT2D eigenvalue weighted by molar-refractivity contribution is 6.12. The average molecular weight is 338 g/mol. The summed E-state index contributed by atoms with van der Waals surface area (Å²) in [5.74, 6) is -2.50. The summed E-state index contributed by atoms with van der Waals surface area (Å²) in [6.45, 7) is 5.19. The number of ketones is 2. The molecule has 0 fully saturated rings. The van der Waals surface area contributed by atoms with Crippen LogP contribution in [0.4, 0.5) is 0 Å². The lowest BCUT2D eigenvalue weighted by Crippen LogP contribution is -2.34. The zero-order valence-electron chi connectivity index (χ0n) is 14.7. The van der Waals surface area contributed by atoms with Gasteiger partial charge in [-0.25, -0.2) is 0 Å². The maximum atomic E-state index is 12.8. The lowest BCUT2D eigenvalue weighted by Gasteiger charge is -2.23. The fourth-order valence-corrected chi connectivity index (χ4v) is 2.39. The first-order valence-corrected chi connectivity index (χ1v) is 8.18. The Balaban J connectivity index is 2.27. The molecule has 130 valence electrons. The van der Waals surface area contributed by atoms with E-state index in [1.165, 1.54) is 0 Å². The summed E-state index contributed by atoms with van der Waals surface area (Å²) in [5, 5.41) is 0. The molecule has 0 heterocycles. The van der Waals surface area contributed by atoms with Gasteiger partial charge >= 0.3 is 5.97 Å². The first-order chi connectivity index (χ1) is 11.8. The van der Waals surface area contributed by atoms with Crippen LogP contribution in [0.5, 0.6) is 0 Å². The quantitative estimate of drug-likeness (QED) is 0.452. The minimum Gasteiger partial charge on any atom is -0.459 e. The average Bonchev–Trinajstić information content (AvgIpc) is 2.59. The van der Waals surface area contributed by atoms with Crippen molar-refractivity contribution in [1.29, 1.82) is 0 Å². The van der Waals surface area contributed by atoms with Crippen molar-refractivity contribution in [1.82, 2.24) is 0 Å². The van der Waals surface area contributed by atoms with E-state index in [-0.39, 0.29) is 12.2 Å². The molecule has 0 aliphatic carbocycles. The van der Waals surface area contributed by atoms with Crippen molar-refractivity contribution in [2.45, 2.75) is 32.8 Å². The first kappa shape index (κ1) is 18.6. The van der Waals surface area contributed by atoms with E-state index in [0.29, 0.717) is 11.1 Å². The second-order valence-electron chi connectivity index (χ2n) is 6.81. The third-order valence-electron chi connectivity index (χ3n) is 3.55. The van der Waals surface area contributed by atoms with Crippen molar-refractivity contribution in [2.75, 3.05) is 0 Å². The number of ether oxygens (including phenoxy) is 1. The van der Waals surface area contributed by atoms with Gasteiger partial charge in [-0.2, -0.15) is 0 Å². The Morgan fingerprint density at radius 3 is 1.80 bits per heavy atom. The molecular weight excluding hydrogens is 316 g/mol. The van der Waals surface area contributed by atoms with Gasteiger partial charge in [-0.05, 0) is 20.8 Å². The molecule has 1 unspecified atom stereocenters. The molecule has 4 nitrogen and oxygen atoms in total. The predicted octanol–water partition coefficient (Wildman–Crippen LogP) is 4.10. The Kier molecular flexibility index (Phi) is 5.86. The summed E-state index contributed by atoms with van der Waals surface area (Å²) in [6.07, 6.45) is -0.216. The van der Waals surface area contributed by atoms with Gasteiger partial charge in [-0.1, -0.05) is 60.7 Å². The van der Waals surface area contributed by atoms with Gasteiger partial charge in [0.2, 0.25) is 0 Å². The van der Waals surface area contributed by atoms with E-state index in [2.05, 4.69) is 0 Å². The summed E-state index contributed by atoms with van der Waals surface area (Å²) in [7, 11) is 0. The number of benzene rings is 2. The Labute approximate surface area is 147 Å². The van der Waals surface area contributed by atoms with E-state index in [4.69, 9.17) is 4.74 Å². The van der Waals surface area contributed by atoms with E-state index in [1.54, 1.807) is 81.4 Å². The Morgan fingerprint density at radius 1 is 0.840 bits per heavy atom. The van der Waals surface area contributed by atoms with E-state index in [0.717, 1.165) is 0 Å². The van der Waals surface area contributed by atoms with Crippen LogP contribution in [0.1, 0.15) is 47.9 Å². The highest BCUT2D eigenvalue weighted by atomic mass is 16.6. The number of rotatable bonds is 6. The van der Waals surface area contributed by atoms with Crippen LogP contribution in [0.3, 0.4) is 0 Å². The Hall–Kier alpha value is -2.75. The van der Waals surface area contributed by atoms with Crippen molar-refractivity contribution < 1.29 is 19.1 Å². The summed E-state index contributed by atoms with van der Waals surface area (Å²) in [5.41, 5.74) is 0.124. The molecule has 0 bridgehead atoms. The van der Waals surface area contributed by atoms with Crippen LogP contribution in [0.25, 0.3) is 0 Å². The molecule has 0 aromatic heterocycles. The molecule has 4 heteroatoms. The van der Waals surface area contributed by atoms with E-state index >= 15 is 0 Å². The number of Topliss-reactive ketones (excluding diaryl/α,β-unsaturated/α-hetero) is 2. The molecule has 0 amide bonds. The van der Waals surface area contributed by atoms with E-state index in [9.17, 15) is 14.4 Å². The van der Waals surface area contributed by atoms with Crippen molar-refractivity contribution in [3.63, 3.8) is 0 Å². The van der Waals surface area contributed by atoms with Gasteiger partial charge in [-0.15, -0.1) is 0 Å². The monoisotopic (exact) mass is 338 g/mol. The van der Waals surface area contributed by atoms with Crippen LogP contribution < -0.4 is 0 Å². The summed E-state index contributed by atoms with van der Waals surface area (Å²) >= 11 is 0. The zero-order valence-corrected chi connectivity index (χ0v) is 14.7. The van der Waals surface area contributed by atoms with Crippen molar-refractivity contribution in [3.8, 4) is 0 Å². The van der Waals surface area contributed by atoms with Crippen LogP contribution >= 0.6 is 0 Å². The van der Waals surface area contributed by atoms with Crippen LogP contribution in [-0.2, 0) is 9.53 Å². The third kappa shape index (κ3) is 5.38. The summed E-state index contributed by atoms with van der Waals surface area (Å²) in [6, 6.07) is 17.1. The van der Waals surface area contributed by atoms with Crippen LogP contribution in [0, 0.1) is 5.92 Å². The van der Waals surface area contributed by atoms with Gasteiger partial charge < -0.3 is 4.74 Å². The lowest BCUT2D eigenvalue weighted by molar-refractivity contribution is -0.157. The van der Waals surface area contributed by atoms with Crippen molar-refractivity contribution >= 4 is 17.5 Å². The molecule has 2 rings (SSSR count). The van der Waals surface area contributed by atoms with Gasteiger partial charge in [0.1, 0.15) is 11.5 Å². The molecule has 0 radical (unpaired) electrons. The number of esters is 1. The zero-order chi connectivity index (χ0) is 18.4. The topological polar surface area (TPSA) is 60.4 Å². The van der Waals surface area contributed by atoms with Gasteiger partial charge in [0.25, 0.3) is 0 Å². The standard InChI is InChI=1S/C21H22O4/c1-21(2,3)25-20(24)17(19(23)16-12-8-5-9-13-16)14-18(22)15-10-6-4-7-11-15/h4-13,17H,14H2,1-3H3. The number of hydrogen-bond acceptors (Lipinski definition) is 4. The Bertz CT molecular complexity index is 742. The van der Waals surface area contributed by atoms with E-state index < -0.39 is 23.3 Å². The highest BCUT2D eigenvalue weighted by Gasteiger charge is 2.33. The lowest BCUT2D eigenvalue weighted by atomic mass is 9.90. The molecule has 0 N–H and O–H groups in total. The van der Waals surface area contributed by atoms with Crippen LogP contribution in [0.15, 0.2) is 60.7 Å². The highest BCUT2D eigenvalue weighted by Crippen LogP contribution is 2.20. The maximum Gasteiger partial charge on any atom is 0.317 e. The second kappa shape index (κ2) is 7.88. The van der Waals surface area contributed by atoms with Crippen LogP contribution in [0.2, 0.25) is 0 Å². The number of hydrogen-bond donors (Lipinski definition) is 0. The number of carbonyl (C=O) groups is 3. The first-order valence-electron chi connectivity index (χ1n) is 8.18. The molecule has 0 spiro atoms. The molecule has 0 saturated heterocycles. The fraction of sp³-hybridized carbons (Fsp3) is 0.286. The predicted molar refractivity (Wildman–Crippen MR) is 95.5 cm³/mol. The fourth-order valence-electron chi connectivity index (χ4n) is 2.39. The molecule has 25 heavy (non-hydrogen) atoms. The van der Waals surface area contributed by atoms with Crippen LogP contribution in [-0.4, -0.2) is 23.1 Å². The largest absolute Gasteiger partial charge is 0.459 e. The molecular formula is C21H22O4. The second-order valence-corrected chi connectivity index (χ2v) is 6.81. The Morgan fingerprint density at radius 2 is 1.32 bits per heavy atom.